The minimum Gasteiger partial charge on any atom is -0.384 e. The first kappa shape index (κ1) is 17.1. The van der Waals surface area contributed by atoms with Crippen LogP contribution in [0.4, 0.5) is 4.39 Å². The lowest BCUT2D eigenvalue weighted by Gasteiger charge is -2.32. The Bertz CT molecular complexity index is 679. The van der Waals surface area contributed by atoms with Gasteiger partial charge in [-0.05, 0) is 63.4 Å². The van der Waals surface area contributed by atoms with Gasteiger partial charge in [-0.2, -0.15) is 5.10 Å². The van der Waals surface area contributed by atoms with Crippen molar-refractivity contribution in [1.82, 2.24) is 14.7 Å². The summed E-state index contributed by atoms with van der Waals surface area (Å²) in [6.07, 6.45) is 2.47. The van der Waals surface area contributed by atoms with Gasteiger partial charge in [-0.1, -0.05) is 0 Å². The number of hydrogen-bond acceptors (Lipinski definition) is 3. The van der Waals surface area contributed by atoms with E-state index in [1.807, 2.05) is 4.68 Å². The lowest BCUT2D eigenvalue weighted by atomic mass is 9.98. The van der Waals surface area contributed by atoms with Crippen LogP contribution in [0.1, 0.15) is 29.8 Å². The maximum absolute atomic E-state index is 13.1. The van der Waals surface area contributed by atoms with E-state index in [1.54, 1.807) is 19.2 Å². The Morgan fingerprint density at radius 3 is 2.71 bits per heavy atom. The Morgan fingerprint density at radius 2 is 2.00 bits per heavy atom. The van der Waals surface area contributed by atoms with Crippen molar-refractivity contribution in [2.75, 3.05) is 26.8 Å². The second-order valence-corrected chi connectivity index (χ2v) is 6.74. The summed E-state index contributed by atoms with van der Waals surface area (Å²) in [4.78, 5) is 2.50. The summed E-state index contributed by atoms with van der Waals surface area (Å²) in [5.74, 6) is 0.398. The largest absolute Gasteiger partial charge is 0.384 e. The maximum atomic E-state index is 13.1. The first-order chi connectivity index (χ1) is 11.6. The Hall–Kier alpha value is -1.72. The fourth-order valence-corrected chi connectivity index (χ4v) is 3.63. The maximum Gasteiger partial charge on any atom is 0.123 e. The van der Waals surface area contributed by atoms with Crippen LogP contribution in [-0.4, -0.2) is 41.5 Å². The summed E-state index contributed by atoms with van der Waals surface area (Å²) in [7, 11) is 1.78. The number of halogens is 1. The van der Waals surface area contributed by atoms with E-state index in [9.17, 15) is 4.39 Å². The number of aromatic nitrogens is 2. The molecule has 0 radical (unpaired) electrons. The number of piperidine rings is 1. The van der Waals surface area contributed by atoms with Crippen molar-refractivity contribution in [2.45, 2.75) is 33.2 Å². The average Bonchev–Trinajstić information content (AvgIpc) is 2.85. The third-order valence-electron chi connectivity index (χ3n) is 4.90. The quantitative estimate of drug-likeness (QED) is 0.840. The molecule has 24 heavy (non-hydrogen) atoms. The van der Waals surface area contributed by atoms with Crippen molar-refractivity contribution in [1.29, 1.82) is 0 Å². The smallest absolute Gasteiger partial charge is 0.123 e. The molecule has 5 heteroatoms. The van der Waals surface area contributed by atoms with Gasteiger partial charge in [0.25, 0.3) is 0 Å². The SMILES string of the molecule is COCC1CCCN(Cc2c(C)nn(-c3ccc(F)cc3)c2C)C1. The molecule has 0 amide bonds. The van der Waals surface area contributed by atoms with Crippen molar-refractivity contribution in [3.05, 3.63) is 47.0 Å². The first-order valence-electron chi connectivity index (χ1n) is 8.61. The average molecular weight is 331 g/mol. The summed E-state index contributed by atoms with van der Waals surface area (Å²) in [5, 5.41) is 4.67. The van der Waals surface area contributed by atoms with Crippen LogP contribution in [0.2, 0.25) is 0 Å². The van der Waals surface area contributed by atoms with Crippen LogP contribution in [-0.2, 0) is 11.3 Å². The van der Waals surface area contributed by atoms with Gasteiger partial charge in [-0.3, -0.25) is 4.90 Å². The molecule has 0 N–H and O–H groups in total. The second-order valence-electron chi connectivity index (χ2n) is 6.74. The zero-order valence-corrected chi connectivity index (χ0v) is 14.8. The highest BCUT2D eigenvalue weighted by Crippen LogP contribution is 2.23. The molecule has 0 spiro atoms. The molecule has 2 heterocycles. The summed E-state index contributed by atoms with van der Waals surface area (Å²) in [6.45, 7) is 8.10. The molecule has 0 aliphatic carbocycles. The van der Waals surface area contributed by atoms with E-state index in [1.165, 1.54) is 30.5 Å². The molecule has 1 aromatic carbocycles. The Kier molecular flexibility index (Phi) is 5.31. The number of methoxy groups -OCH3 is 1. The van der Waals surface area contributed by atoms with Crippen LogP contribution in [0.3, 0.4) is 0 Å². The number of benzene rings is 1. The zero-order chi connectivity index (χ0) is 17.1. The van der Waals surface area contributed by atoms with Crippen LogP contribution >= 0.6 is 0 Å². The van der Waals surface area contributed by atoms with Gasteiger partial charge in [0.15, 0.2) is 0 Å². The molecule has 4 nitrogen and oxygen atoms in total. The van der Waals surface area contributed by atoms with Crippen molar-refractivity contribution < 1.29 is 9.13 Å². The van der Waals surface area contributed by atoms with E-state index >= 15 is 0 Å². The number of rotatable bonds is 5. The first-order valence-corrected chi connectivity index (χ1v) is 8.61. The third kappa shape index (κ3) is 3.68. The monoisotopic (exact) mass is 331 g/mol. The number of hydrogen-bond donors (Lipinski definition) is 0. The summed E-state index contributed by atoms with van der Waals surface area (Å²) < 4.78 is 20.4. The highest BCUT2D eigenvalue weighted by atomic mass is 19.1. The van der Waals surface area contributed by atoms with E-state index in [0.29, 0.717) is 5.92 Å². The molecule has 1 atom stereocenters. The molecule has 2 aromatic rings. The highest BCUT2D eigenvalue weighted by molar-refractivity contribution is 5.37. The van der Waals surface area contributed by atoms with Gasteiger partial charge in [0.1, 0.15) is 5.82 Å². The van der Waals surface area contributed by atoms with E-state index in [0.717, 1.165) is 43.3 Å². The fraction of sp³-hybridized carbons (Fsp3) is 0.526. The Balaban J connectivity index is 1.78. The van der Waals surface area contributed by atoms with Crippen LogP contribution in [0.15, 0.2) is 24.3 Å². The summed E-state index contributed by atoms with van der Waals surface area (Å²) >= 11 is 0. The molecule has 0 saturated carbocycles. The molecule has 1 unspecified atom stereocenters. The van der Waals surface area contributed by atoms with Gasteiger partial charge in [0.2, 0.25) is 0 Å². The van der Waals surface area contributed by atoms with Crippen molar-refractivity contribution >= 4 is 0 Å². The zero-order valence-electron chi connectivity index (χ0n) is 14.8. The molecule has 1 fully saturated rings. The number of aryl methyl sites for hydroxylation is 1. The molecule has 3 rings (SSSR count). The standard InChI is InChI=1S/C19H26FN3O/c1-14-19(12-22-10-4-5-16(11-22)13-24-3)15(2)23(21-14)18-8-6-17(20)7-9-18/h6-9,16H,4-5,10-13H2,1-3H3. The lowest BCUT2D eigenvalue weighted by molar-refractivity contribution is 0.0872. The second kappa shape index (κ2) is 7.45. The summed E-state index contributed by atoms with van der Waals surface area (Å²) in [6, 6.07) is 6.50. The normalized spacial score (nSPS) is 18.9. The van der Waals surface area contributed by atoms with E-state index < -0.39 is 0 Å². The van der Waals surface area contributed by atoms with E-state index in [4.69, 9.17) is 4.74 Å². The minimum absolute atomic E-state index is 0.224. The molecule has 1 aromatic heterocycles. The number of ether oxygens (including phenoxy) is 1. The number of likely N-dealkylation sites (tertiary alicyclic amines) is 1. The molecule has 0 bridgehead atoms. The van der Waals surface area contributed by atoms with Gasteiger partial charge in [-0.15, -0.1) is 0 Å². The van der Waals surface area contributed by atoms with Gasteiger partial charge < -0.3 is 4.74 Å². The van der Waals surface area contributed by atoms with Crippen molar-refractivity contribution in [3.63, 3.8) is 0 Å². The van der Waals surface area contributed by atoms with Gasteiger partial charge in [-0.25, -0.2) is 9.07 Å². The van der Waals surface area contributed by atoms with Gasteiger partial charge in [0, 0.05) is 31.5 Å². The van der Waals surface area contributed by atoms with E-state index in [2.05, 4.69) is 23.8 Å². The van der Waals surface area contributed by atoms with Crippen LogP contribution in [0, 0.1) is 25.6 Å². The lowest BCUT2D eigenvalue weighted by Crippen LogP contribution is -2.36. The Labute approximate surface area is 143 Å². The minimum atomic E-state index is -0.224. The molecular weight excluding hydrogens is 305 g/mol. The molecule has 1 aliphatic heterocycles. The van der Waals surface area contributed by atoms with E-state index in [-0.39, 0.29) is 5.82 Å². The van der Waals surface area contributed by atoms with Crippen LogP contribution in [0.25, 0.3) is 5.69 Å². The predicted octanol–water partition coefficient (Wildman–Crippen LogP) is 3.49. The molecule has 1 aliphatic rings. The molecular formula is C19H26FN3O. The predicted molar refractivity (Wildman–Crippen MR) is 92.9 cm³/mol. The molecule has 1 saturated heterocycles. The van der Waals surface area contributed by atoms with Crippen LogP contribution in [0.5, 0.6) is 0 Å². The van der Waals surface area contributed by atoms with Gasteiger partial charge >= 0.3 is 0 Å². The molecule has 130 valence electrons. The third-order valence-corrected chi connectivity index (χ3v) is 4.90. The highest BCUT2D eigenvalue weighted by Gasteiger charge is 2.22. The Morgan fingerprint density at radius 1 is 1.25 bits per heavy atom. The van der Waals surface area contributed by atoms with Crippen molar-refractivity contribution in [2.24, 2.45) is 5.92 Å². The number of nitrogens with zero attached hydrogens (tertiary/aromatic N) is 3. The summed E-state index contributed by atoms with van der Waals surface area (Å²) in [5.41, 5.74) is 4.36. The topological polar surface area (TPSA) is 30.3 Å². The fourth-order valence-electron chi connectivity index (χ4n) is 3.63. The van der Waals surface area contributed by atoms with Crippen LogP contribution < -0.4 is 0 Å². The van der Waals surface area contributed by atoms with Gasteiger partial charge in [0.05, 0.1) is 18.0 Å². The van der Waals surface area contributed by atoms with Crippen molar-refractivity contribution in [3.8, 4) is 5.69 Å².